The van der Waals surface area contributed by atoms with Gasteiger partial charge < -0.3 is 5.73 Å². The highest BCUT2D eigenvalue weighted by molar-refractivity contribution is 7.89. The summed E-state index contributed by atoms with van der Waals surface area (Å²) in [6.45, 7) is 0. The van der Waals surface area contributed by atoms with Gasteiger partial charge in [-0.2, -0.15) is 5.26 Å². The number of sulfonamides is 1. The van der Waals surface area contributed by atoms with Crippen molar-refractivity contribution in [3.05, 3.63) is 23.8 Å². The van der Waals surface area contributed by atoms with Gasteiger partial charge in [0.2, 0.25) is 10.0 Å². The lowest BCUT2D eigenvalue weighted by atomic mass is 10.2. The van der Waals surface area contributed by atoms with Gasteiger partial charge in [0.05, 0.1) is 10.5 Å². The number of nitrogens with two attached hydrogens (primary N) is 1. The third-order valence-corrected chi connectivity index (χ3v) is 6.08. The Labute approximate surface area is 120 Å². The Morgan fingerprint density at radius 1 is 1.35 bits per heavy atom. The van der Waals surface area contributed by atoms with Crippen LogP contribution in [0.3, 0.4) is 0 Å². The molecule has 0 radical (unpaired) electrons. The number of anilines is 1. The van der Waals surface area contributed by atoms with Gasteiger partial charge in [0, 0.05) is 34.0 Å². The molecule has 1 aromatic carbocycles. The van der Waals surface area contributed by atoms with E-state index in [0.29, 0.717) is 30.0 Å². The fourth-order valence-corrected chi connectivity index (χ4v) is 4.81. The molecule has 0 saturated carbocycles. The topological polar surface area (TPSA) is 113 Å². The predicted octanol–water partition coefficient (Wildman–Crippen LogP) is 0.330. The van der Waals surface area contributed by atoms with E-state index in [1.54, 1.807) is 0 Å². The Bertz CT molecular complexity index is 670. The minimum Gasteiger partial charge on any atom is -0.399 e. The van der Waals surface area contributed by atoms with Gasteiger partial charge in [-0.25, -0.2) is 13.1 Å². The van der Waals surface area contributed by atoms with E-state index < -0.39 is 20.8 Å². The second kappa shape index (κ2) is 5.91. The maximum atomic E-state index is 12.3. The molecular weight excluding hydrogens is 298 g/mol. The number of hydrogen-bond donors (Lipinski definition) is 2. The Morgan fingerprint density at radius 2 is 2.00 bits per heavy atom. The molecule has 3 N–H and O–H groups in total. The van der Waals surface area contributed by atoms with Crippen molar-refractivity contribution in [1.29, 1.82) is 5.26 Å². The van der Waals surface area contributed by atoms with E-state index in [0.717, 1.165) is 0 Å². The SMILES string of the molecule is N#Cc1cc(N)ccc1S(=O)(=O)NC1CCS(=O)CC1. The van der Waals surface area contributed by atoms with Gasteiger partial charge in [0.1, 0.15) is 6.07 Å². The summed E-state index contributed by atoms with van der Waals surface area (Å²) in [5.74, 6) is 1.00. The molecule has 1 heterocycles. The van der Waals surface area contributed by atoms with Gasteiger partial charge in [-0.05, 0) is 31.0 Å². The van der Waals surface area contributed by atoms with E-state index in [-0.39, 0.29) is 16.5 Å². The van der Waals surface area contributed by atoms with Crippen LogP contribution in [0.25, 0.3) is 0 Å². The maximum Gasteiger partial charge on any atom is 0.242 e. The molecule has 1 saturated heterocycles. The summed E-state index contributed by atoms with van der Waals surface area (Å²) >= 11 is 0. The van der Waals surface area contributed by atoms with Crippen LogP contribution in [0.15, 0.2) is 23.1 Å². The molecule has 0 aliphatic carbocycles. The van der Waals surface area contributed by atoms with Crippen LogP contribution in [0.2, 0.25) is 0 Å². The molecule has 0 bridgehead atoms. The molecule has 1 aromatic rings. The molecule has 8 heteroatoms. The first-order valence-electron chi connectivity index (χ1n) is 6.09. The van der Waals surface area contributed by atoms with Crippen LogP contribution < -0.4 is 10.5 Å². The van der Waals surface area contributed by atoms with Gasteiger partial charge in [0.25, 0.3) is 0 Å². The molecule has 2 rings (SSSR count). The van der Waals surface area contributed by atoms with Crippen LogP contribution in [0, 0.1) is 11.3 Å². The fourth-order valence-electron chi connectivity index (χ4n) is 2.06. The number of nitrogens with zero attached hydrogens (tertiary/aromatic N) is 1. The first-order chi connectivity index (χ1) is 9.42. The van der Waals surface area contributed by atoms with Gasteiger partial charge >= 0.3 is 0 Å². The zero-order valence-electron chi connectivity index (χ0n) is 10.7. The van der Waals surface area contributed by atoms with E-state index >= 15 is 0 Å². The standard InChI is InChI=1S/C12H15N3O3S2/c13-8-9-7-10(14)1-2-12(9)20(17,18)15-11-3-5-19(16)6-4-11/h1-2,7,11,15H,3-6,14H2. The highest BCUT2D eigenvalue weighted by Crippen LogP contribution is 2.20. The minimum atomic E-state index is -3.76. The van der Waals surface area contributed by atoms with E-state index in [4.69, 9.17) is 11.0 Å². The van der Waals surface area contributed by atoms with Crippen LogP contribution in [-0.2, 0) is 20.8 Å². The van der Waals surface area contributed by atoms with Gasteiger partial charge in [-0.3, -0.25) is 4.21 Å². The second-order valence-corrected chi connectivity index (χ2v) is 7.99. The van der Waals surface area contributed by atoms with Gasteiger partial charge in [-0.1, -0.05) is 0 Å². The summed E-state index contributed by atoms with van der Waals surface area (Å²) in [5, 5.41) is 9.01. The number of nitrogen functional groups attached to an aromatic ring is 1. The normalized spacial score (nSPS) is 23.1. The molecule has 6 nitrogen and oxygen atoms in total. The third-order valence-electron chi connectivity index (χ3n) is 3.12. The lowest BCUT2D eigenvalue weighted by molar-refractivity contribution is 0.521. The quantitative estimate of drug-likeness (QED) is 0.781. The second-order valence-electron chi connectivity index (χ2n) is 4.61. The summed E-state index contributed by atoms with van der Waals surface area (Å²) in [5.41, 5.74) is 5.91. The highest BCUT2D eigenvalue weighted by Gasteiger charge is 2.25. The molecule has 0 atom stereocenters. The van der Waals surface area contributed by atoms with Crippen molar-refractivity contribution in [1.82, 2.24) is 4.72 Å². The van der Waals surface area contributed by atoms with Crippen LogP contribution in [-0.4, -0.2) is 30.2 Å². The van der Waals surface area contributed by atoms with Crippen molar-refractivity contribution in [2.75, 3.05) is 17.2 Å². The number of rotatable bonds is 3. The van der Waals surface area contributed by atoms with Gasteiger partial charge in [0.15, 0.2) is 0 Å². The molecule has 0 aromatic heterocycles. The molecule has 1 aliphatic rings. The molecule has 1 aliphatic heterocycles. The number of hydrogen-bond acceptors (Lipinski definition) is 5. The lowest BCUT2D eigenvalue weighted by Crippen LogP contribution is -2.39. The number of nitriles is 1. The van der Waals surface area contributed by atoms with Crippen molar-refractivity contribution in [3.63, 3.8) is 0 Å². The molecule has 1 fully saturated rings. The predicted molar refractivity (Wildman–Crippen MR) is 76.8 cm³/mol. The Kier molecular flexibility index (Phi) is 4.42. The monoisotopic (exact) mass is 313 g/mol. The van der Waals surface area contributed by atoms with Crippen molar-refractivity contribution in [2.24, 2.45) is 0 Å². The summed E-state index contributed by atoms with van der Waals surface area (Å²) < 4.78 is 38.4. The lowest BCUT2D eigenvalue weighted by Gasteiger charge is -2.22. The third kappa shape index (κ3) is 3.36. The average Bonchev–Trinajstić information content (AvgIpc) is 2.40. The van der Waals surface area contributed by atoms with Crippen LogP contribution in [0.5, 0.6) is 0 Å². The first-order valence-corrected chi connectivity index (χ1v) is 9.06. The maximum absolute atomic E-state index is 12.3. The van der Waals surface area contributed by atoms with E-state index in [9.17, 15) is 12.6 Å². The molecule has 20 heavy (non-hydrogen) atoms. The van der Waals surface area contributed by atoms with E-state index in [1.807, 2.05) is 6.07 Å². The summed E-state index contributed by atoms with van der Waals surface area (Å²) in [6.07, 6.45) is 1.09. The average molecular weight is 313 g/mol. The minimum absolute atomic E-state index is 0.0249. The van der Waals surface area contributed by atoms with E-state index in [1.165, 1.54) is 18.2 Å². The number of nitrogens with one attached hydrogen (secondary N) is 1. The van der Waals surface area contributed by atoms with E-state index in [2.05, 4.69) is 4.72 Å². The molecule has 108 valence electrons. The summed E-state index contributed by atoms with van der Waals surface area (Å²) in [6, 6.07) is 5.72. The summed E-state index contributed by atoms with van der Waals surface area (Å²) in [7, 11) is -4.61. The van der Waals surface area contributed by atoms with Crippen LogP contribution >= 0.6 is 0 Å². The summed E-state index contributed by atoms with van der Waals surface area (Å²) in [4.78, 5) is -0.0686. The Hall–Kier alpha value is -1.43. The molecular formula is C12H15N3O3S2. The van der Waals surface area contributed by atoms with Crippen LogP contribution in [0.1, 0.15) is 18.4 Å². The van der Waals surface area contributed by atoms with Crippen molar-refractivity contribution < 1.29 is 12.6 Å². The van der Waals surface area contributed by atoms with Crippen LogP contribution in [0.4, 0.5) is 5.69 Å². The molecule has 0 unspecified atom stereocenters. The first kappa shape index (κ1) is 15.0. The fraction of sp³-hybridized carbons (Fsp3) is 0.417. The smallest absolute Gasteiger partial charge is 0.242 e. The largest absolute Gasteiger partial charge is 0.399 e. The highest BCUT2D eigenvalue weighted by atomic mass is 32.2. The van der Waals surface area contributed by atoms with Crippen molar-refractivity contribution in [3.8, 4) is 6.07 Å². The van der Waals surface area contributed by atoms with Crippen molar-refractivity contribution in [2.45, 2.75) is 23.8 Å². The molecule has 0 amide bonds. The Morgan fingerprint density at radius 3 is 2.60 bits per heavy atom. The molecule has 0 spiro atoms. The number of benzene rings is 1. The van der Waals surface area contributed by atoms with Crippen molar-refractivity contribution >= 4 is 26.5 Å². The van der Waals surface area contributed by atoms with Gasteiger partial charge in [-0.15, -0.1) is 0 Å². The zero-order valence-corrected chi connectivity index (χ0v) is 12.3. The Balaban J connectivity index is 2.23. The zero-order chi connectivity index (χ0) is 14.8.